The highest BCUT2D eigenvalue weighted by molar-refractivity contribution is 5.90. The number of hydrogen-bond acceptors (Lipinski definition) is 3. The molecule has 1 heterocycles. The van der Waals surface area contributed by atoms with Crippen molar-refractivity contribution in [2.24, 2.45) is 0 Å². The predicted octanol–water partition coefficient (Wildman–Crippen LogP) is 2.78. The van der Waals surface area contributed by atoms with E-state index in [1.165, 1.54) is 18.1 Å². The van der Waals surface area contributed by atoms with E-state index in [0.29, 0.717) is 5.69 Å². The summed E-state index contributed by atoms with van der Waals surface area (Å²) in [6.45, 7) is 2.31. The molecule has 0 aliphatic carbocycles. The molecule has 0 saturated carbocycles. The van der Waals surface area contributed by atoms with Gasteiger partial charge in [-0.15, -0.1) is 0 Å². The second-order valence-corrected chi connectivity index (χ2v) is 5.69. The van der Waals surface area contributed by atoms with Gasteiger partial charge in [0.2, 0.25) is 5.91 Å². The normalized spacial score (nSPS) is 17.4. The third-order valence-corrected chi connectivity index (χ3v) is 4.04. The van der Waals surface area contributed by atoms with Gasteiger partial charge in [-0.3, -0.25) is 4.79 Å². The number of phenols is 1. The van der Waals surface area contributed by atoms with Crippen molar-refractivity contribution < 1.29 is 9.90 Å². The molecule has 0 saturated heterocycles. The number of benzene rings is 2. The zero-order valence-corrected chi connectivity index (χ0v) is 12.6. The van der Waals surface area contributed by atoms with Crippen LogP contribution in [0.15, 0.2) is 42.5 Å². The molecule has 22 heavy (non-hydrogen) atoms. The first-order valence-electron chi connectivity index (χ1n) is 7.54. The van der Waals surface area contributed by atoms with E-state index in [2.05, 4.69) is 22.8 Å². The fourth-order valence-electron chi connectivity index (χ4n) is 2.98. The van der Waals surface area contributed by atoms with E-state index >= 15 is 0 Å². The van der Waals surface area contributed by atoms with Crippen LogP contribution in [0.1, 0.15) is 29.7 Å². The van der Waals surface area contributed by atoms with Gasteiger partial charge < -0.3 is 15.7 Å². The SMILES string of the molecule is CC(=O)Nc1cc2c(cc1O)CC(c1ccccc1)NCC2. The molecule has 4 heteroatoms. The van der Waals surface area contributed by atoms with Crippen LogP contribution in [-0.2, 0) is 17.6 Å². The fourth-order valence-corrected chi connectivity index (χ4v) is 2.98. The second kappa shape index (κ2) is 6.20. The van der Waals surface area contributed by atoms with E-state index in [-0.39, 0.29) is 17.7 Å². The molecule has 1 unspecified atom stereocenters. The number of carbonyl (C=O) groups excluding carboxylic acids is 1. The summed E-state index contributed by atoms with van der Waals surface area (Å²) in [6, 6.07) is 14.3. The summed E-state index contributed by atoms with van der Waals surface area (Å²) in [4.78, 5) is 11.2. The molecule has 0 fully saturated rings. The maximum Gasteiger partial charge on any atom is 0.221 e. The maximum atomic E-state index is 11.2. The number of rotatable bonds is 2. The topological polar surface area (TPSA) is 61.4 Å². The lowest BCUT2D eigenvalue weighted by molar-refractivity contribution is -0.114. The minimum Gasteiger partial charge on any atom is -0.506 e. The van der Waals surface area contributed by atoms with Gasteiger partial charge in [-0.1, -0.05) is 30.3 Å². The van der Waals surface area contributed by atoms with Crippen molar-refractivity contribution in [3.05, 3.63) is 59.2 Å². The maximum absolute atomic E-state index is 11.2. The molecule has 0 bridgehead atoms. The molecule has 0 aromatic heterocycles. The standard InChI is InChI=1S/C18H20N2O2/c1-12(21)20-17-9-14-7-8-19-16(10-15(14)11-18(17)22)13-5-3-2-4-6-13/h2-6,9,11,16,19,22H,7-8,10H2,1H3,(H,20,21). The van der Waals surface area contributed by atoms with Crippen LogP contribution >= 0.6 is 0 Å². The van der Waals surface area contributed by atoms with Gasteiger partial charge in [0.1, 0.15) is 5.75 Å². The molecule has 1 aliphatic heterocycles. The summed E-state index contributed by atoms with van der Waals surface area (Å²) in [5.41, 5.74) is 4.04. The lowest BCUT2D eigenvalue weighted by Crippen LogP contribution is -2.22. The molecular formula is C18H20N2O2. The van der Waals surface area contributed by atoms with E-state index in [4.69, 9.17) is 0 Å². The van der Waals surface area contributed by atoms with E-state index in [0.717, 1.165) is 24.9 Å². The van der Waals surface area contributed by atoms with Crippen molar-refractivity contribution >= 4 is 11.6 Å². The van der Waals surface area contributed by atoms with Crippen molar-refractivity contribution in [2.45, 2.75) is 25.8 Å². The van der Waals surface area contributed by atoms with E-state index in [9.17, 15) is 9.90 Å². The highest BCUT2D eigenvalue weighted by Gasteiger charge is 2.19. The van der Waals surface area contributed by atoms with Crippen molar-refractivity contribution in [3.63, 3.8) is 0 Å². The van der Waals surface area contributed by atoms with Crippen LogP contribution in [0.2, 0.25) is 0 Å². The molecule has 114 valence electrons. The highest BCUT2D eigenvalue weighted by Crippen LogP contribution is 2.32. The lowest BCUT2D eigenvalue weighted by Gasteiger charge is -2.17. The molecule has 0 radical (unpaired) electrons. The molecule has 1 aliphatic rings. The zero-order chi connectivity index (χ0) is 15.5. The third kappa shape index (κ3) is 3.12. The number of fused-ring (bicyclic) bond motifs is 1. The summed E-state index contributed by atoms with van der Waals surface area (Å²) in [7, 11) is 0. The molecule has 2 aromatic rings. The van der Waals surface area contributed by atoms with E-state index in [1.807, 2.05) is 24.3 Å². The van der Waals surface area contributed by atoms with Gasteiger partial charge in [-0.25, -0.2) is 0 Å². The van der Waals surface area contributed by atoms with Gasteiger partial charge in [0.15, 0.2) is 0 Å². The summed E-state index contributed by atoms with van der Waals surface area (Å²) >= 11 is 0. The molecule has 4 nitrogen and oxygen atoms in total. The van der Waals surface area contributed by atoms with E-state index in [1.54, 1.807) is 6.07 Å². The lowest BCUT2D eigenvalue weighted by atomic mass is 9.96. The number of phenolic OH excluding ortho intramolecular Hbond substituents is 1. The Labute approximate surface area is 130 Å². The highest BCUT2D eigenvalue weighted by atomic mass is 16.3. The Hall–Kier alpha value is -2.33. The monoisotopic (exact) mass is 296 g/mol. The molecule has 1 atom stereocenters. The zero-order valence-electron chi connectivity index (χ0n) is 12.6. The number of hydrogen-bond donors (Lipinski definition) is 3. The second-order valence-electron chi connectivity index (χ2n) is 5.69. The van der Waals surface area contributed by atoms with Crippen LogP contribution in [0.25, 0.3) is 0 Å². The molecule has 2 aromatic carbocycles. The molecule has 0 spiro atoms. The van der Waals surface area contributed by atoms with Gasteiger partial charge in [0.05, 0.1) is 5.69 Å². The van der Waals surface area contributed by atoms with Gasteiger partial charge in [0, 0.05) is 13.0 Å². The predicted molar refractivity (Wildman–Crippen MR) is 87.0 cm³/mol. The summed E-state index contributed by atoms with van der Waals surface area (Å²) < 4.78 is 0. The molecule has 3 rings (SSSR count). The van der Waals surface area contributed by atoms with Gasteiger partial charge in [0.25, 0.3) is 0 Å². The summed E-state index contributed by atoms with van der Waals surface area (Å²) in [5.74, 6) is -0.0492. The number of aromatic hydroxyl groups is 1. The van der Waals surface area contributed by atoms with Crippen LogP contribution in [0.5, 0.6) is 5.75 Å². The Bertz CT molecular complexity index is 683. The Kier molecular flexibility index (Phi) is 4.11. The van der Waals surface area contributed by atoms with Crippen molar-refractivity contribution in [1.82, 2.24) is 5.32 Å². The number of carbonyl (C=O) groups is 1. The minimum absolute atomic E-state index is 0.127. The Morgan fingerprint density at radius 3 is 2.73 bits per heavy atom. The average Bonchev–Trinajstić information content (AvgIpc) is 2.70. The van der Waals surface area contributed by atoms with Crippen molar-refractivity contribution in [1.29, 1.82) is 0 Å². The number of anilines is 1. The van der Waals surface area contributed by atoms with Crippen LogP contribution in [0.3, 0.4) is 0 Å². The summed E-state index contributed by atoms with van der Waals surface area (Å²) in [6.07, 6.45) is 1.71. The Morgan fingerprint density at radius 2 is 2.00 bits per heavy atom. The largest absolute Gasteiger partial charge is 0.506 e. The smallest absolute Gasteiger partial charge is 0.221 e. The molecule has 1 amide bonds. The first-order valence-corrected chi connectivity index (χ1v) is 7.54. The number of nitrogens with one attached hydrogen (secondary N) is 2. The quantitative estimate of drug-likeness (QED) is 0.747. The minimum atomic E-state index is -0.177. The van der Waals surface area contributed by atoms with Crippen LogP contribution in [0.4, 0.5) is 5.69 Å². The Morgan fingerprint density at radius 1 is 1.23 bits per heavy atom. The van der Waals surface area contributed by atoms with E-state index < -0.39 is 0 Å². The number of amides is 1. The fraction of sp³-hybridized carbons (Fsp3) is 0.278. The summed E-state index contributed by atoms with van der Waals surface area (Å²) in [5, 5.41) is 16.4. The van der Waals surface area contributed by atoms with Gasteiger partial charge in [-0.2, -0.15) is 0 Å². The van der Waals surface area contributed by atoms with Crippen LogP contribution in [-0.4, -0.2) is 17.6 Å². The first-order chi connectivity index (χ1) is 10.6. The molecule has 3 N–H and O–H groups in total. The van der Waals surface area contributed by atoms with Gasteiger partial charge in [-0.05, 0) is 48.2 Å². The van der Waals surface area contributed by atoms with Crippen LogP contribution < -0.4 is 10.6 Å². The third-order valence-electron chi connectivity index (χ3n) is 4.04. The van der Waals surface area contributed by atoms with Crippen molar-refractivity contribution in [3.8, 4) is 5.75 Å². The van der Waals surface area contributed by atoms with Crippen LogP contribution in [0, 0.1) is 0 Å². The Balaban J connectivity index is 1.91. The molecular weight excluding hydrogens is 276 g/mol. The van der Waals surface area contributed by atoms with Crippen molar-refractivity contribution in [2.75, 3.05) is 11.9 Å². The average molecular weight is 296 g/mol. The first kappa shape index (κ1) is 14.6. The van der Waals surface area contributed by atoms with Gasteiger partial charge >= 0.3 is 0 Å².